The van der Waals surface area contributed by atoms with Crippen molar-refractivity contribution in [2.45, 2.75) is 18.4 Å². The third kappa shape index (κ3) is 2.73. The Labute approximate surface area is 88.3 Å². The lowest BCUT2D eigenvalue weighted by molar-refractivity contribution is 0.0959. The molecule has 0 unspecified atom stereocenters. The highest BCUT2D eigenvalue weighted by molar-refractivity contribution is 7.99. The number of pyridine rings is 1. The van der Waals surface area contributed by atoms with Crippen molar-refractivity contribution in [1.82, 2.24) is 10.3 Å². The highest BCUT2D eigenvalue weighted by Gasteiger charge is 2.09. The van der Waals surface area contributed by atoms with Crippen LogP contribution < -0.4 is 5.32 Å². The molecule has 1 aromatic heterocycles. The van der Waals surface area contributed by atoms with Gasteiger partial charge in [0.15, 0.2) is 0 Å². The molecular weight excluding hydrogens is 196 g/mol. The minimum Gasteiger partial charge on any atom is -0.355 e. The molecule has 3 nitrogen and oxygen atoms in total. The van der Waals surface area contributed by atoms with E-state index in [2.05, 4.69) is 17.2 Å². The number of hydrogen-bond donors (Lipinski definition) is 1. The zero-order valence-corrected chi connectivity index (χ0v) is 9.23. The van der Waals surface area contributed by atoms with Gasteiger partial charge in [-0.25, -0.2) is 4.98 Å². The minimum atomic E-state index is -0.0725. The van der Waals surface area contributed by atoms with E-state index in [0.717, 1.165) is 17.2 Å². The first-order valence-corrected chi connectivity index (χ1v) is 5.58. The Kier molecular flexibility index (Phi) is 4.46. The summed E-state index contributed by atoms with van der Waals surface area (Å²) in [6.45, 7) is 2.11. The van der Waals surface area contributed by atoms with Gasteiger partial charge in [0.25, 0.3) is 5.91 Å². The maximum absolute atomic E-state index is 11.4. The van der Waals surface area contributed by atoms with E-state index in [9.17, 15) is 4.79 Å². The molecule has 0 saturated heterocycles. The van der Waals surface area contributed by atoms with Gasteiger partial charge in [-0.05, 0) is 24.3 Å². The zero-order valence-electron chi connectivity index (χ0n) is 8.41. The largest absolute Gasteiger partial charge is 0.355 e. The smallest absolute Gasteiger partial charge is 0.253 e. The highest BCUT2D eigenvalue weighted by atomic mass is 32.2. The lowest BCUT2D eigenvalue weighted by Gasteiger charge is -2.05. The Morgan fingerprint density at radius 1 is 1.64 bits per heavy atom. The number of carbonyl (C=O) groups excluding carboxylic acids is 1. The monoisotopic (exact) mass is 210 g/mol. The van der Waals surface area contributed by atoms with Crippen LogP contribution in [0.15, 0.2) is 23.4 Å². The second-order valence-electron chi connectivity index (χ2n) is 2.78. The normalized spacial score (nSPS) is 9.86. The van der Waals surface area contributed by atoms with Crippen LogP contribution in [0.1, 0.15) is 23.7 Å². The van der Waals surface area contributed by atoms with Crippen LogP contribution in [0.5, 0.6) is 0 Å². The van der Waals surface area contributed by atoms with Crippen LogP contribution in [0.25, 0.3) is 0 Å². The molecule has 0 fully saturated rings. The third-order valence-corrected chi connectivity index (χ3v) is 2.90. The Bertz CT molecular complexity index is 315. The van der Waals surface area contributed by atoms with Gasteiger partial charge in [-0.2, -0.15) is 0 Å². The first kappa shape index (κ1) is 11.0. The SMILES string of the molecule is CCCSc1ncccc1C(=O)NC. The molecule has 1 aromatic rings. The van der Waals surface area contributed by atoms with E-state index in [4.69, 9.17) is 0 Å². The summed E-state index contributed by atoms with van der Waals surface area (Å²) in [5, 5.41) is 3.42. The molecule has 4 heteroatoms. The predicted molar refractivity (Wildman–Crippen MR) is 58.6 cm³/mol. The van der Waals surface area contributed by atoms with E-state index in [1.165, 1.54) is 0 Å². The van der Waals surface area contributed by atoms with Gasteiger partial charge in [-0.1, -0.05) is 6.92 Å². The summed E-state index contributed by atoms with van der Waals surface area (Å²) < 4.78 is 0. The highest BCUT2D eigenvalue weighted by Crippen LogP contribution is 2.20. The number of carbonyl (C=O) groups is 1. The summed E-state index contributed by atoms with van der Waals surface area (Å²) in [7, 11) is 1.63. The minimum absolute atomic E-state index is 0.0725. The van der Waals surface area contributed by atoms with Gasteiger partial charge in [0, 0.05) is 13.2 Å². The van der Waals surface area contributed by atoms with Crippen molar-refractivity contribution in [3.8, 4) is 0 Å². The molecule has 0 aromatic carbocycles. The average Bonchev–Trinajstić information content (AvgIpc) is 2.25. The lowest BCUT2D eigenvalue weighted by atomic mass is 10.3. The molecule has 1 amide bonds. The predicted octanol–water partition coefficient (Wildman–Crippen LogP) is 1.94. The van der Waals surface area contributed by atoms with E-state index in [-0.39, 0.29) is 5.91 Å². The fraction of sp³-hybridized carbons (Fsp3) is 0.400. The van der Waals surface area contributed by atoms with Crippen molar-refractivity contribution in [3.05, 3.63) is 23.9 Å². The second-order valence-corrected chi connectivity index (χ2v) is 3.87. The second kappa shape index (κ2) is 5.65. The van der Waals surface area contributed by atoms with Gasteiger partial charge in [0.2, 0.25) is 0 Å². The lowest BCUT2D eigenvalue weighted by Crippen LogP contribution is -2.19. The molecular formula is C10H14N2OS. The third-order valence-electron chi connectivity index (χ3n) is 1.69. The molecule has 1 N–H and O–H groups in total. The molecule has 0 atom stereocenters. The van der Waals surface area contributed by atoms with Crippen LogP contribution >= 0.6 is 11.8 Å². The molecule has 0 aliphatic rings. The van der Waals surface area contributed by atoms with E-state index >= 15 is 0 Å². The number of thioether (sulfide) groups is 1. The zero-order chi connectivity index (χ0) is 10.4. The standard InChI is InChI=1S/C10H14N2OS/c1-3-7-14-10-8(9(13)11-2)5-4-6-12-10/h4-6H,3,7H2,1-2H3,(H,11,13). The van der Waals surface area contributed by atoms with Crippen LogP contribution in [0.2, 0.25) is 0 Å². The molecule has 0 spiro atoms. The van der Waals surface area contributed by atoms with Crippen LogP contribution in [0.3, 0.4) is 0 Å². The van der Waals surface area contributed by atoms with E-state index < -0.39 is 0 Å². The number of amides is 1. The van der Waals surface area contributed by atoms with Crippen LogP contribution in [-0.2, 0) is 0 Å². The number of hydrogen-bond acceptors (Lipinski definition) is 3. The Morgan fingerprint density at radius 3 is 3.07 bits per heavy atom. The summed E-state index contributed by atoms with van der Waals surface area (Å²) in [4.78, 5) is 15.6. The molecule has 76 valence electrons. The Balaban J connectivity index is 2.85. The van der Waals surface area contributed by atoms with Crippen molar-refractivity contribution in [1.29, 1.82) is 0 Å². The summed E-state index contributed by atoms with van der Waals surface area (Å²) in [5.41, 5.74) is 0.661. The van der Waals surface area contributed by atoms with Crippen LogP contribution in [0.4, 0.5) is 0 Å². The van der Waals surface area contributed by atoms with Crippen molar-refractivity contribution in [2.75, 3.05) is 12.8 Å². The van der Waals surface area contributed by atoms with Gasteiger partial charge in [0.05, 0.1) is 5.56 Å². The fourth-order valence-corrected chi connectivity index (χ4v) is 1.86. The summed E-state index contributed by atoms with van der Waals surface area (Å²) in [6.07, 6.45) is 2.79. The molecule has 14 heavy (non-hydrogen) atoms. The molecule has 0 aliphatic carbocycles. The van der Waals surface area contributed by atoms with E-state index in [1.54, 1.807) is 37.1 Å². The molecule has 0 radical (unpaired) electrons. The quantitative estimate of drug-likeness (QED) is 0.772. The van der Waals surface area contributed by atoms with E-state index in [1.807, 2.05) is 0 Å². The summed E-state index contributed by atoms with van der Waals surface area (Å²) >= 11 is 1.62. The van der Waals surface area contributed by atoms with Gasteiger partial charge in [-0.3, -0.25) is 4.79 Å². The Morgan fingerprint density at radius 2 is 2.43 bits per heavy atom. The van der Waals surface area contributed by atoms with E-state index in [0.29, 0.717) is 5.56 Å². The van der Waals surface area contributed by atoms with Gasteiger partial charge in [0.1, 0.15) is 5.03 Å². The van der Waals surface area contributed by atoms with Crippen molar-refractivity contribution >= 4 is 17.7 Å². The maximum atomic E-state index is 11.4. The first-order chi connectivity index (χ1) is 6.79. The fourth-order valence-electron chi connectivity index (χ4n) is 1.01. The molecule has 0 bridgehead atoms. The molecule has 0 saturated carbocycles. The topological polar surface area (TPSA) is 42.0 Å². The maximum Gasteiger partial charge on any atom is 0.253 e. The number of aromatic nitrogens is 1. The van der Waals surface area contributed by atoms with Crippen molar-refractivity contribution in [3.63, 3.8) is 0 Å². The number of nitrogens with zero attached hydrogens (tertiary/aromatic N) is 1. The summed E-state index contributed by atoms with van der Waals surface area (Å²) in [6, 6.07) is 3.57. The van der Waals surface area contributed by atoms with Crippen molar-refractivity contribution in [2.24, 2.45) is 0 Å². The van der Waals surface area contributed by atoms with Gasteiger partial charge < -0.3 is 5.32 Å². The first-order valence-electron chi connectivity index (χ1n) is 4.59. The van der Waals surface area contributed by atoms with Crippen molar-refractivity contribution < 1.29 is 4.79 Å². The summed E-state index contributed by atoms with van der Waals surface area (Å²) in [5.74, 6) is 0.915. The van der Waals surface area contributed by atoms with Crippen LogP contribution in [0, 0.1) is 0 Å². The Hall–Kier alpha value is -1.03. The van der Waals surface area contributed by atoms with Gasteiger partial charge >= 0.3 is 0 Å². The van der Waals surface area contributed by atoms with Gasteiger partial charge in [-0.15, -0.1) is 11.8 Å². The molecule has 0 aliphatic heterocycles. The number of rotatable bonds is 4. The number of nitrogens with one attached hydrogen (secondary N) is 1. The molecule has 1 rings (SSSR count). The molecule has 1 heterocycles. The van der Waals surface area contributed by atoms with Crippen LogP contribution in [-0.4, -0.2) is 23.7 Å². The average molecular weight is 210 g/mol.